The van der Waals surface area contributed by atoms with Crippen molar-refractivity contribution in [2.24, 2.45) is 0 Å². The Morgan fingerprint density at radius 1 is 1.10 bits per heavy atom. The SMILES string of the molecule is COC(=O)C1=C(C)N(c2ccc3c(c2)OCCO3)C(=S)N[C@@H]1c1cc(C)ccc1C. The minimum atomic E-state index is -0.393. The van der Waals surface area contributed by atoms with Crippen molar-refractivity contribution in [3.05, 3.63) is 64.4 Å². The molecule has 0 bridgehead atoms. The van der Waals surface area contributed by atoms with Gasteiger partial charge in [-0.1, -0.05) is 23.8 Å². The van der Waals surface area contributed by atoms with Gasteiger partial charge in [0.15, 0.2) is 16.6 Å². The first kappa shape index (κ1) is 20.2. The Morgan fingerprint density at radius 3 is 2.57 bits per heavy atom. The molecule has 0 radical (unpaired) electrons. The van der Waals surface area contributed by atoms with Crippen LogP contribution in [0.2, 0.25) is 0 Å². The van der Waals surface area contributed by atoms with Crippen LogP contribution in [-0.2, 0) is 9.53 Å². The zero-order chi connectivity index (χ0) is 21.4. The van der Waals surface area contributed by atoms with Crippen LogP contribution < -0.4 is 19.7 Å². The van der Waals surface area contributed by atoms with Gasteiger partial charge in [-0.05, 0) is 56.2 Å². The Balaban J connectivity index is 1.83. The third kappa shape index (κ3) is 3.50. The van der Waals surface area contributed by atoms with E-state index in [1.165, 1.54) is 7.11 Å². The molecule has 0 saturated heterocycles. The van der Waals surface area contributed by atoms with Crippen LogP contribution in [0, 0.1) is 13.8 Å². The highest BCUT2D eigenvalue weighted by atomic mass is 32.1. The standard InChI is InChI=1S/C23H24N2O4S/c1-13-5-6-14(2)17(11-13)21-20(22(26)27-4)15(3)25(23(30)24-21)16-7-8-18-19(12-16)29-10-9-28-18/h5-8,11-12,21H,9-10H2,1-4H3,(H,24,30)/t21-/m1/s1. The van der Waals surface area contributed by atoms with E-state index < -0.39 is 12.0 Å². The maximum atomic E-state index is 12.8. The van der Waals surface area contributed by atoms with Crippen molar-refractivity contribution in [2.75, 3.05) is 25.2 Å². The van der Waals surface area contributed by atoms with Gasteiger partial charge in [0.2, 0.25) is 0 Å². The normalized spacial score (nSPS) is 18.2. The Hall–Kier alpha value is -3.06. The molecule has 0 amide bonds. The summed E-state index contributed by atoms with van der Waals surface area (Å²) < 4.78 is 16.5. The van der Waals surface area contributed by atoms with Gasteiger partial charge in [-0.15, -0.1) is 0 Å². The second-order valence-electron chi connectivity index (χ2n) is 7.40. The molecule has 0 spiro atoms. The van der Waals surface area contributed by atoms with E-state index in [0.717, 1.165) is 22.4 Å². The van der Waals surface area contributed by atoms with Gasteiger partial charge in [-0.3, -0.25) is 4.90 Å². The number of benzene rings is 2. The Labute approximate surface area is 181 Å². The van der Waals surface area contributed by atoms with E-state index in [2.05, 4.69) is 17.4 Å². The summed E-state index contributed by atoms with van der Waals surface area (Å²) in [5.74, 6) is 0.963. The van der Waals surface area contributed by atoms with Gasteiger partial charge in [0, 0.05) is 11.8 Å². The molecule has 2 aliphatic heterocycles. The van der Waals surface area contributed by atoms with E-state index >= 15 is 0 Å². The molecule has 1 atom stereocenters. The van der Waals surface area contributed by atoms with Gasteiger partial charge in [0.25, 0.3) is 0 Å². The summed E-state index contributed by atoms with van der Waals surface area (Å²) in [6.45, 7) is 6.96. The number of methoxy groups -OCH3 is 1. The monoisotopic (exact) mass is 424 g/mol. The Bertz CT molecular complexity index is 1060. The number of nitrogens with zero attached hydrogens (tertiary/aromatic N) is 1. The fourth-order valence-corrected chi connectivity index (χ4v) is 4.26. The van der Waals surface area contributed by atoms with E-state index in [1.54, 1.807) is 0 Å². The van der Waals surface area contributed by atoms with Crippen LogP contribution in [0.5, 0.6) is 11.5 Å². The molecule has 0 unspecified atom stereocenters. The Morgan fingerprint density at radius 2 is 1.83 bits per heavy atom. The molecule has 0 aromatic heterocycles. The third-order valence-electron chi connectivity index (χ3n) is 5.42. The summed E-state index contributed by atoms with van der Waals surface area (Å²) in [5.41, 5.74) is 5.21. The molecule has 0 aliphatic carbocycles. The largest absolute Gasteiger partial charge is 0.486 e. The fourth-order valence-electron chi connectivity index (χ4n) is 3.90. The van der Waals surface area contributed by atoms with Crippen LogP contribution in [0.3, 0.4) is 0 Å². The van der Waals surface area contributed by atoms with Crippen LogP contribution in [0.25, 0.3) is 0 Å². The van der Waals surface area contributed by atoms with Crippen molar-refractivity contribution in [3.8, 4) is 11.5 Å². The lowest BCUT2D eigenvalue weighted by Crippen LogP contribution is -2.48. The number of nitrogens with one attached hydrogen (secondary N) is 1. The predicted molar refractivity (Wildman–Crippen MR) is 119 cm³/mol. The number of hydrogen-bond donors (Lipinski definition) is 1. The number of carbonyl (C=O) groups is 1. The van der Waals surface area contributed by atoms with E-state index in [4.69, 9.17) is 26.4 Å². The molecule has 30 heavy (non-hydrogen) atoms. The third-order valence-corrected chi connectivity index (χ3v) is 5.72. The van der Waals surface area contributed by atoms with Crippen molar-refractivity contribution in [2.45, 2.75) is 26.8 Å². The molecule has 4 rings (SSSR count). The molecule has 2 aliphatic rings. The van der Waals surface area contributed by atoms with Crippen molar-refractivity contribution >= 4 is 29.0 Å². The van der Waals surface area contributed by atoms with Gasteiger partial charge < -0.3 is 19.5 Å². The molecule has 2 heterocycles. The molecule has 1 N–H and O–H groups in total. The van der Waals surface area contributed by atoms with E-state index in [9.17, 15) is 4.79 Å². The van der Waals surface area contributed by atoms with Crippen molar-refractivity contribution in [3.63, 3.8) is 0 Å². The second kappa shape index (κ2) is 7.99. The van der Waals surface area contributed by atoms with Crippen LogP contribution >= 0.6 is 12.2 Å². The molecule has 0 saturated carbocycles. The maximum absolute atomic E-state index is 12.8. The number of carbonyl (C=O) groups excluding carboxylic acids is 1. The molecule has 0 fully saturated rings. The number of thiocarbonyl (C=S) groups is 1. The average Bonchev–Trinajstić information content (AvgIpc) is 2.74. The predicted octanol–water partition coefficient (Wildman–Crippen LogP) is 3.96. The van der Waals surface area contributed by atoms with Gasteiger partial charge in [-0.25, -0.2) is 4.79 Å². The minimum absolute atomic E-state index is 0.390. The number of fused-ring (bicyclic) bond motifs is 1. The highest BCUT2D eigenvalue weighted by Gasteiger charge is 2.36. The summed E-state index contributed by atoms with van der Waals surface area (Å²) in [5, 5.41) is 3.85. The van der Waals surface area contributed by atoms with Crippen molar-refractivity contribution < 1.29 is 19.0 Å². The lowest BCUT2D eigenvalue weighted by Gasteiger charge is -2.38. The van der Waals surface area contributed by atoms with E-state index in [0.29, 0.717) is 41.1 Å². The van der Waals surface area contributed by atoms with Gasteiger partial charge >= 0.3 is 5.97 Å². The number of esters is 1. The molecule has 2 aromatic carbocycles. The molecule has 7 heteroatoms. The Kier molecular flexibility index (Phi) is 5.39. The molecule has 2 aromatic rings. The topological polar surface area (TPSA) is 60.0 Å². The van der Waals surface area contributed by atoms with E-state index in [-0.39, 0.29) is 0 Å². The molecule has 6 nitrogen and oxygen atoms in total. The number of rotatable bonds is 3. The summed E-state index contributed by atoms with van der Waals surface area (Å²) in [7, 11) is 1.39. The second-order valence-corrected chi connectivity index (χ2v) is 7.78. The first-order chi connectivity index (χ1) is 14.4. The van der Waals surface area contributed by atoms with Gasteiger partial charge in [0.05, 0.1) is 24.4 Å². The summed E-state index contributed by atoms with van der Waals surface area (Å²) in [6, 6.07) is 11.4. The highest BCUT2D eigenvalue weighted by molar-refractivity contribution is 7.80. The maximum Gasteiger partial charge on any atom is 0.337 e. The lowest BCUT2D eigenvalue weighted by atomic mass is 9.91. The zero-order valence-electron chi connectivity index (χ0n) is 17.4. The quantitative estimate of drug-likeness (QED) is 0.591. The van der Waals surface area contributed by atoms with Crippen molar-refractivity contribution in [1.82, 2.24) is 5.32 Å². The smallest absolute Gasteiger partial charge is 0.337 e. The van der Waals surface area contributed by atoms with Crippen LogP contribution in [0.4, 0.5) is 5.69 Å². The molecular formula is C23H24N2O4S. The van der Waals surface area contributed by atoms with Crippen molar-refractivity contribution in [1.29, 1.82) is 0 Å². The first-order valence-electron chi connectivity index (χ1n) is 9.77. The summed E-state index contributed by atoms with van der Waals surface area (Å²) >= 11 is 5.73. The lowest BCUT2D eigenvalue weighted by molar-refractivity contribution is -0.136. The first-order valence-corrected chi connectivity index (χ1v) is 10.2. The van der Waals surface area contributed by atoms with E-state index in [1.807, 2.05) is 49.9 Å². The van der Waals surface area contributed by atoms with Gasteiger partial charge in [0.1, 0.15) is 13.2 Å². The van der Waals surface area contributed by atoms with Crippen LogP contribution in [0.1, 0.15) is 29.7 Å². The number of hydrogen-bond acceptors (Lipinski definition) is 5. The number of aryl methyl sites for hydroxylation is 2. The molecular weight excluding hydrogens is 400 g/mol. The fraction of sp³-hybridized carbons (Fsp3) is 0.304. The summed E-state index contributed by atoms with van der Waals surface area (Å²) in [4.78, 5) is 14.7. The van der Waals surface area contributed by atoms with Gasteiger partial charge in [-0.2, -0.15) is 0 Å². The number of allylic oxidation sites excluding steroid dienone is 1. The van der Waals surface area contributed by atoms with Crippen LogP contribution in [-0.4, -0.2) is 31.4 Å². The number of ether oxygens (including phenoxy) is 3. The number of anilines is 1. The minimum Gasteiger partial charge on any atom is -0.486 e. The zero-order valence-corrected chi connectivity index (χ0v) is 18.3. The molecule has 156 valence electrons. The van der Waals surface area contributed by atoms with Crippen LogP contribution in [0.15, 0.2) is 47.7 Å². The highest BCUT2D eigenvalue weighted by Crippen LogP contribution is 2.39. The summed E-state index contributed by atoms with van der Waals surface area (Å²) in [6.07, 6.45) is 0. The average molecular weight is 425 g/mol.